The smallest absolute Gasteiger partial charge is 0.0284 e. The zero-order valence-corrected chi connectivity index (χ0v) is 26.5. The monoisotopic (exact) mass is 540 g/mol. The molecule has 4 aromatic rings. The fourth-order valence-electron chi connectivity index (χ4n) is 8.12. The number of fused-ring (bicyclic) bond motifs is 8. The van der Waals surface area contributed by atoms with Crippen molar-refractivity contribution in [1.82, 2.24) is 19.9 Å². The van der Waals surface area contributed by atoms with Crippen LogP contribution in [-0.2, 0) is 77.0 Å². The van der Waals surface area contributed by atoms with E-state index in [0.717, 1.165) is 77.0 Å². The maximum atomic E-state index is 4.00. The molecule has 0 aromatic carbocycles. The molecule has 0 saturated heterocycles. The van der Waals surface area contributed by atoms with Crippen molar-refractivity contribution in [3.63, 3.8) is 0 Å². The highest BCUT2D eigenvalue weighted by atomic mass is 14.8. The topological polar surface area (TPSA) is 63.2 Å². The normalized spacial score (nSPS) is 13.4. The molecule has 40 heavy (non-hydrogen) atoms. The minimum absolute atomic E-state index is 0.958. The summed E-state index contributed by atoms with van der Waals surface area (Å²) in [5.41, 5.74) is 23.6. The van der Waals surface area contributed by atoms with E-state index in [4.69, 9.17) is 0 Å². The molecule has 5 heterocycles. The van der Waals surface area contributed by atoms with Crippen LogP contribution in [0.25, 0.3) is 0 Å². The number of aromatic amines is 4. The second kappa shape index (κ2) is 11.9. The predicted molar refractivity (Wildman–Crippen MR) is 169 cm³/mol. The van der Waals surface area contributed by atoms with Gasteiger partial charge in [0.15, 0.2) is 0 Å². The van der Waals surface area contributed by atoms with E-state index in [1.807, 2.05) is 0 Å². The van der Waals surface area contributed by atoms with Crippen molar-refractivity contribution in [2.24, 2.45) is 0 Å². The molecule has 8 bridgehead atoms. The maximum absolute atomic E-state index is 4.00. The summed E-state index contributed by atoms with van der Waals surface area (Å²) in [6, 6.07) is 0. The van der Waals surface area contributed by atoms with Gasteiger partial charge in [0.2, 0.25) is 0 Å². The molecule has 1 aliphatic rings. The van der Waals surface area contributed by atoms with Crippen LogP contribution in [0.2, 0.25) is 0 Å². The number of hydrogen-bond acceptors (Lipinski definition) is 0. The summed E-state index contributed by atoms with van der Waals surface area (Å²) in [6.07, 6.45) is 12.4. The Morgan fingerprint density at radius 1 is 0.275 bits per heavy atom. The average Bonchev–Trinajstić information content (AvgIpc) is 3.67. The molecule has 4 nitrogen and oxygen atoms in total. The fourth-order valence-corrected chi connectivity index (χ4v) is 8.12. The van der Waals surface area contributed by atoms with Crippen LogP contribution >= 0.6 is 0 Å². The van der Waals surface area contributed by atoms with Crippen LogP contribution in [0.1, 0.15) is 145 Å². The van der Waals surface area contributed by atoms with E-state index in [-0.39, 0.29) is 0 Å². The SMILES string of the molecule is CCc1c2[nH]c(c1CC)Cc1[nH]c(c(CC)c1CC)Cc1[nH]c(c(CC)c1CC)Cc1[nH]c(c(CC)c1CC)C2. The van der Waals surface area contributed by atoms with Gasteiger partial charge in [0, 0.05) is 71.2 Å². The Morgan fingerprint density at radius 2 is 0.400 bits per heavy atom. The van der Waals surface area contributed by atoms with Crippen LogP contribution < -0.4 is 0 Å². The van der Waals surface area contributed by atoms with Crippen molar-refractivity contribution in [2.75, 3.05) is 0 Å². The number of aromatic nitrogens is 4. The molecular weight excluding hydrogens is 488 g/mol. The lowest BCUT2D eigenvalue weighted by Crippen LogP contribution is -1.99. The number of rotatable bonds is 8. The van der Waals surface area contributed by atoms with Gasteiger partial charge in [-0.15, -0.1) is 0 Å². The Morgan fingerprint density at radius 3 is 0.500 bits per heavy atom. The van der Waals surface area contributed by atoms with Gasteiger partial charge in [-0.2, -0.15) is 0 Å². The first-order valence-corrected chi connectivity index (χ1v) is 16.3. The zero-order chi connectivity index (χ0) is 28.6. The van der Waals surface area contributed by atoms with Crippen LogP contribution in [0.4, 0.5) is 0 Å². The molecule has 0 unspecified atom stereocenters. The third-order valence-electron chi connectivity index (χ3n) is 9.82. The molecule has 5 rings (SSSR count). The van der Waals surface area contributed by atoms with Crippen molar-refractivity contribution in [3.05, 3.63) is 90.1 Å². The molecule has 0 spiro atoms. The first-order chi connectivity index (χ1) is 19.5. The first kappa shape index (κ1) is 28.6. The molecule has 0 saturated carbocycles. The lowest BCUT2D eigenvalue weighted by Gasteiger charge is -2.07. The molecule has 4 aromatic heterocycles. The van der Waals surface area contributed by atoms with Gasteiger partial charge in [0.25, 0.3) is 0 Å². The van der Waals surface area contributed by atoms with Crippen molar-refractivity contribution < 1.29 is 0 Å². The zero-order valence-electron chi connectivity index (χ0n) is 26.5. The molecule has 0 fully saturated rings. The van der Waals surface area contributed by atoms with Gasteiger partial charge in [-0.3, -0.25) is 0 Å². The third kappa shape index (κ3) is 4.72. The van der Waals surface area contributed by atoms with Crippen molar-refractivity contribution in [1.29, 1.82) is 0 Å². The number of H-pyrrole nitrogens is 4. The second-order valence-electron chi connectivity index (χ2n) is 11.7. The summed E-state index contributed by atoms with van der Waals surface area (Å²) in [5.74, 6) is 0. The Labute approximate surface area is 242 Å². The van der Waals surface area contributed by atoms with Crippen molar-refractivity contribution >= 4 is 0 Å². The molecule has 216 valence electrons. The average molecular weight is 541 g/mol. The molecular formula is C36H52N4. The quantitative estimate of drug-likeness (QED) is 0.153. The van der Waals surface area contributed by atoms with Gasteiger partial charge in [0.05, 0.1) is 0 Å². The fraction of sp³-hybridized carbons (Fsp3) is 0.556. The van der Waals surface area contributed by atoms with Crippen LogP contribution in [0.5, 0.6) is 0 Å². The predicted octanol–water partition coefficient (Wildman–Crippen LogP) is 8.17. The summed E-state index contributed by atoms with van der Waals surface area (Å²) in [4.78, 5) is 16.0. The highest BCUT2D eigenvalue weighted by molar-refractivity contribution is 5.49. The van der Waals surface area contributed by atoms with Gasteiger partial charge in [0.1, 0.15) is 0 Å². The summed E-state index contributed by atoms with van der Waals surface area (Å²) < 4.78 is 0. The van der Waals surface area contributed by atoms with Gasteiger partial charge in [-0.1, -0.05) is 55.4 Å². The highest BCUT2D eigenvalue weighted by Gasteiger charge is 2.25. The van der Waals surface area contributed by atoms with E-state index in [1.165, 1.54) is 90.1 Å². The first-order valence-electron chi connectivity index (χ1n) is 16.3. The largest absolute Gasteiger partial charge is 0.361 e. The molecule has 4 N–H and O–H groups in total. The van der Waals surface area contributed by atoms with Crippen LogP contribution in [0.15, 0.2) is 0 Å². The summed E-state index contributed by atoms with van der Waals surface area (Å²) in [5, 5.41) is 0. The van der Waals surface area contributed by atoms with Gasteiger partial charge >= 0.3 is 0 Å². The van der Waals surface area contributed by atoms with Crippen molar-refractivity contribution in [3.8, 4) is 0 Å². The Bertz CT molecular complexity index is 1160. The van der Waals surface area contributed by atoms with E-state index >= 15 is 0 Å². The van der Waals surface area contributed by atoms with Gasteiger partial charge in [-0.25, -0.2) is 0 Å². The molecule has 0 atom stereocenters. The van der Waals surface area contributed by atoms with Crippen molar-refractivity contribution in [2.45, 2.75) is 132 Å². The summed E-state index contributed by atoms with van der Waals surface area (Å²) in [7, 11) is 0. The summed E-state index contributed by atoms with van der Waals surface area (Å²) in [6.45, 7) is 18.6. The lowest BCUT2D eigenvalue weighted by atomic mass is 9.95. The van der Waals surface area contributed by atoms with Gasteiger partial charge < -0.3 is 19.9 Å². The summed E-state index contributed by atoms with van der Waals surface area (Å²) >= 11 is 0. The molecule has 0 amide bonds. The molecule has 1 aliphatic heterocycles. The Balaban J connectivity index is 1.78. The standard InChI is InChI=1S/C36H52N4/c1-9-21-22(10-2)30-18-32-25(13-5)26(14-6)34(39-32)20-36-28(16-8)27(15-7)35(40-36)19-33-24(12-4)23(11-3)31(38-33)17-29(21)37-30/h37-40H,9-20H2,1-8H3. The highest BCUT2D eigenvalue weighted by Crippen LogP contribution is 2.33. The molecule has 0 radical (unpaired) electrons. The lowest BCUT2D eigenvalue weighted by molar-refractivity contribution is 0.918. The van der Waals surface area contributed by atoms with E-state index in [1.54, 1.807) is 0 Å². The molecule has 4 heteroatoms. The number of nitrogens with one attached hydrogen (secondary N) is 4. The third-order valence-corrected chi connectivity index (χ3v) is 9.82. The Hall–Kier alpha value is -2.88. The minimum Gasteiger partial charge on any atom is -0.361 e. The van der Waals surface area contributed by atoms with E-state index in [2.05, 4.69) is 75.3 Å². The van der Waals surface area contributed by atoms with Crippen LogP contribution in [0, 0.1) is 0 Å². The van der Waals surface area contributed by atoms with Gasteiger partial charge in [-0.05, 0) is 95.9 Å². The minimum atomic E-state index is 0.958. The number of hydrogen-bond donors (Lipinski definition) is 4. The van der Waals surface area contributed by atoms with E-state index < -0.39 is 0 Å². The maximum Gasteiger partial charge on any atom is 0.0284 e. The van der Waals surface area contributed by atoms with Crippen LogP contribution in [-0.4, -0.2) is 19.9 Å². The van der Waals surface area contributed by atoms with E-state index in [0.29, 0.717) is 0 Å². The Kier molecular flexibility index (Phi) is 8.54. The molecule has 0 aliphatic carbocycles. The van der Waals surface area contributed by atoms with Crippen LogP contribution in [0.3, 0.4) is 0 Å². The second-order valence-corrected chi connectivity index (χ2v) is 11.7. The van der Waals surface area contributed by atoms with E-state index in [9.17, 15) is 0 Å².